The van der Waals surface area contributed by atoms with E-state index >= 15 is 0 Å². The van der Waals surface area contributed by atoms with Crippen molar-refractivity contribution in [2.45, 2.75) is 38.1 Å². The normalized spacial score (nSPS) is 18.3. The maximum Gasteiger partial charge on any atom is 0.193 e. The topological polar surface area (TPSA) is 40.1 Å². The van der Waals surface area contributed by atoms with Crippen molar-refractivity contribution in [1.82, 2.24) is 15.1 Å². The zero-order valence-electron chi connectivity index (χ0n) is 14.3. The average Bonchev–Trinajstić information content (AvgIpc) is 2.46. The van der Waals surface area contributed by atoms with E-state index in [0.29, 0.717) is 0 Å². The van der Waals surface area contributed by atoms with Crippen molar-refractivity contribution in [3.8, 4) is 0 Å². The van der Waals surface area contributed by atoms with Crippen LogP contribution in [-0.4, -0.2) is 75.8 Å². The Morgan fingerprint density at radius 3 is 2.33 bits per heavy atom. The van der Waals surface area contributed by atoms with Crippen molar-refractivity contribution in [2.24, 2.45) is 4.99 Å². The number of nitrogens with one attached hydrogen (secondary N) is 1. The summed E-state index contributed by atoms with van der Waals surface area (Å²) in [6, 6.07) is 0. The summed E-state index contributed by atoms with van der Waals surface area (Å²) < 4.78 is 5.51. The minimum absolute atomic E-state index is 0. The van der Waals surface area contributed by atoms with Gasteiger partial charge in [0.05, 0.1) is 0 Å². The van der Waals surface area contributed by atoms with Crippen LogP contribution in [0.1, 0.15) is 32.6 Å². The van der Waals surface area contributed by atoms with Crippen LogP contribution in [0.4, 0.5) is 0 Å². The fraction of sp³-hybridized carbons (Fsp3) is 0.933. The second-order valence-electron chi connectivity index (χ2n) is 5.91. The first-order valence-corrected chi connectivity index (χ1v) is 7.72. The predicted octanol–water partition coefficient (Wildman–Crippen LogP) is 2.02. The molecule has 21 heavy (non-hydrogen) atoms. The third kappa shape index (κ3) is 6.28. The summed E-state index contributed by atoms with van der Waals surface area (Å²) in [4.78, 5) is 8.95. The highest BCUT2D eigenvalue weighted by atomic mass is 127. The predicted molar refractivity (Wildman–Crippen MR) is 101 cm³/mol. The van der Waals surface area contributed by atoms with E-state index in [-0.39, 0.29) is 29.5 Å². The van der Waals surface area contributed by atoms with Gasteiger partial charge in [0.2, 0.25) is 0 Å². The van der Waals surface area contributed by atoms with E-state index in [1.54, 1.807) is 0 Å². The molecule has 0 unspecified atom stereocenters. The molecule has 1 fully saturated rings. The summed E-state index contributed by atoms with van der Waals surface area (Å²) in [6.07, 6.45) is 4.55. The number of hydrogen-bond acceptors (Lipinski definition) is 3. The summed E-state index contributed by atoms with van der Waals surface area (Å²) in [5.41, 5.74) is 0.180. The van der Waals surface area contributed by atoms with Gasteiger partial charge in [0.1, 0.15) is 0 Å². The number of likely N-dealkylation sites (N-methyl/N-ethyl adjacent to an activating group) is 1. The molecule has 0 aromatic heterocycles. The highest BCUT2D eigenvalue weighted by Crippen LogP contribution is 2.25. The lowest BCUT2D eigenvalue weighted by Gasteiger charge is -2.43. The molecule has 5 nitrogen and oxygen atoms in total. The molecule has 0 radical (unpaired) electrons. The molecule has 126 valence electrons. The number of ether oxygens (including phenoxy) is 1. The van der Waals surface area contributed by atoms with Gasteiger partial charge in [0, 0.05) is 45.9 Å². The molecule has 0 aliphatic carbocycles. The minimum atomic E-state index is 0. The van der Waals surface area contributed by atoms with E-state index in [1.165, 1.54) is 12.8 Å². The highest BCUT2D eigenvalue weighted by Gasteiger charge is 2.34. The molecule has 0 saturated carbocycles. The molecular formula is C15H33IN4O. The number of aliphatic imine (C=N–C) groups is 1. The Morgan fingerprint density at radius 1 is 1.24 bits per heavy atom. The first-order chi connectivity index (χ1) is 9.55. The van der Waals surface area contributed by atoms with Gasteiger partial charge < -0.3 is 19.9 Å². The van der Waals surface area contributed by atoms with E-state index in [4.69, 9.17) is 4.74 Å². The van der Waals surface area contributed by atoms with E-state index in [2.05, 4.69) is 48.2 Å². The van der Waals surface area contributed by atoms with Crippen LogP contribution < -0.4 is 5.32 Å². The Labute approximate surface area is 147 Å². The largest absolute Gasteiger partial charge is 0.381 e. The second-order valence-corrected chi connectivity index (χ2v) is 5.91. The molecule has 0 aromatic carbocycles. The fourth-order valence-electron chi connectivity index (χ4n) is 2.66. The second kappa shape index (κ2) is 10.6. The van der Waals surface area contributed by atoms with Gasteiger partial charge in [-0.1, -0.05) is 13.3 Å². The molecule has 1 aliphatic heterocycles. The Bertz CT molecular complexity index is 304. The molecular weight excluding hydrogens is 379 g/mol. The zero-order valence-corrected chi connectivity index (χ0v) is 16.6. The smallest absolute Gasteiger partial charge is 0.193 e. The maximum absolute atomic E-state index is 5.51. The number of guanidine groups is 1. The van der Waals surface area contributed by atoms with Crippen LogP contribution in [-0.2, 0) is 4.74 Å². The lowest BCUT2D eigenvalue weighted by Crippen LogP contribution is -2.57. The van der Waals surface area contributed by atoms with Crippen LogP contribution in [0.3, 0.4) is 0 Å². The van der Waals surface area contributed by atoms with Crippen molar-refractivity contribution < 1.29 is 4.74 Å². The fourth-order valence-corrected chi connectivity index (χ4v) is 2.66. The van der Waals surface area contributed by atoms with Gasteiger partial charge in [-0.25, -0.2) is 0 Å². The Kier molecular flexibility index (Phi) is 10.6. The number of nitrogens with zero attached hydrogens (tertiary/aromatic N) is 3. The van der Waals surface area contributed by atoms with Crippen LogP contribution in [0.2, 0.25) is 0 Å². The first-order valence-electron chi connectivity index (χ1n) is 7.72. The molecule has 1 heterocycles. The summed E-state index contributed by atoms with van der Waals surface area (Å²) in [5.74, 6) is 0.992. The lowest BCUT2D eigenvalue weighted by atomic mass is 9.88. The molecule has 0 spiro atoms. The van der Waals surface area contributed by atoms with Gasteiger partial charge in [-0.3, -0.25) is 4.99 Å². The molecule has 0 aromatic rings. The first kappa shape index (κ1) is 20.9. The monoisotopic (exact) mass is 412 g/mol. The van der Waals surface area contributed by atoms with Crippen molar-refractivity contribution in [3.63, 3.8) is 0 Å². The molecule has 1 saturated heterocycles. The zero-order chi connectivity index (χ0) is 15.0. The Hall–Kier alpha value is -0.0800. The van der Waals surface area contributed by atoms with Crippen molar-refractivity contribution in [1.29, 1.82) is 0 Å². The Balaban J connectivity index is 0.00000400. The third-order valence-electron chi connectivity index (χ3n) is 4.37. The quantitative estimate of drug-likeness (QED) is 0.412. The average molecular weight is 412 g/mol. The van der Waals surface area contributed by atoms with Crippen LogP contribution in [0, 0.1) is 0 Å². The SMILES string of the molecule is CCCCN(C)C(=NC)NCC1(N(C)C)CCOCC1.I. The van der Waals surface area contributed by atoms with Crippen LogP contribution in [0.15, 0.2) is 4.99 Å². The molecule has 0 bridgehead atoms. The number of rotatable bonds is 6. The molecule has 0 atom stereocenters. The van der Waals surface area contributed by atoms with Gasteiger partial charge in [-0.2, -0.15) is 0 Å². The summed E-state index contributed by atoms with van der Waals surface area (Å²) in [5, 5.41) is 3.55. The van der Waals surface area contributed by atoms with Crippen molar-refractivity contribution >= 4 is 29.9 Å². The lowest BCUT2D eigenvalue weighted by molar-refractivity contribution is -0.00521. The maximum atomic E-state index is 5.51. The van der Waals surface area contributed by atoms with Gasteiger partial charge in [0.25, 0.3) is 0 Å². The van der Waals surface area contributed by atoms with E-state index in [9.17, 15) is 0 Å². The number of unbranched alkanes of at least 4 members (excludes halogenated alkanes) is 1. The summed E-state index contributed by atoms with van der Waals surface area (Å²) in [6.45, 7) is 5.89. The van der Waals surface area contributed by atoms with Gasteiger partial charge in [-0.15, -0.1) is 24.0 Å². The number of hydrogen-bond donors (Lipinski definition) is 1. The standard InChI is InChI=1S/C15H32N4O.HI/c1-6-7-10-19(5)14(16-2)17-13-15(18(3)4)8-11-20-12-9-15;/h6-13H2,1-5H3,(H,16,17);1H. The molecule has 1 aliphatic rings. The summed E-state index contributed by atoms with van der Waals surface area (Å²) in [7, 11) is 8.29. The summed E-state index contributed by atoms with van der Waals surface area (Å²) >= 11 is 0. The van der Waals surface area contributed by atoms with Gasteiger partial charge in [0.15, 0.2) is 5.96 Å². The van der Waals surface area contributed by atoms with E-state index in [1.807, 2.05) is 7.05 Å². The van der Waals surface area contributed by atoms with E-state index < -0.39 is 0 Å². The third-order valence-corrected chi connectivity index (χ3v) is 4.37. The minimum Gasteiger partial charge on any atom is -0.381 e. The van der Waals surface area contributed by atoms with Crippen LogP contribution in [0.25, 0.3) is 0 Å². The number of halogens is 1. The molecule has 0 amide bonds. The highest BCUT2D eigenvalue weighted by molar-refractivity contribution is 14.0. The van der Waals surface area contributed by atoms with Gasteiger partial charge >= 0.3 is 0 Å². The van der Waals surface area contributed by atoms with Crippen molar-refractivity contribution in [3.05, 3.63) is 0 Å². The van der Waals surface area contributed by atoms with Gasteiger partial charge in [-0.05, 0) is 33.4 Å². The molecule has 1 rings (SSSR count). The molecule has 6 heteroatoms. The van der Waals surface area contributed by atoms with E-state index in [0.717, 1.165) is 45.1 Å². The van der Waals surface area contributed by atoms with Crippen LogP contribution >= 0.6 is 24.0 Å². The Morgan fingerprint density at radius 2 is 1.86 bits per heavy atom. The molecule has 1 N–H and O–H groups in total. The van der Waals surface area contributed by atoms with Crippen LogP contribution in [0.5, 0.6) is 0 Å². The van der Waals surface area contributed by atoms with Crippen molar-refractivity contribution in [2.75, 3.05) is 54.5 Å².